The lowest BCUT2D eigenvalue weighted by atomic mass is 9.90. The lowest BCUT2D eigenvalue weighted by molar-refractivity contribution is -0.121. The Morgan fingerprint density at radius 2 is 1.83 bits per heavy atom. The van der Waals surface area contributed by atoms with Gasteiger partial charge in [-0.3, -0.25) is 4.79 Å². The van der Waals surface area contributed by atoms with Crippen LogP contribution in [0.2, 0.25) is 0 Å². The Morgan fingerprint density at radius 3 is 2.58 bits per heavy atom. The Balaban J connectivity index is 1.39. The van der Waals surface area contributed by atoms with E-state index in [1.165, 1.54) is 44.1 Å². The summed E-state index contributed by atoms with van der Waals surface area (Å²) in [7, 11) is 0. The van der Waals surface area contributed by atoms with Gasteiger partial charge in [0.1, 0.15) is 13.2 Å². The normalized spacial score (nSPS) is 21.5. The van der Waals surface area contributed by atoms with E-state index in [1.54, 1.807) is 0 Å². The number of hydrogen-bond donors (Lipinski definition) is 1. The number of carbonyl (C=O) groups excluding carboxylic acids is 1. The smallest absolute Gasteiger partial charge is 0.220 e. The van der Waals surface area contributed by atoms with Crippen LogP contribution in [-0.4, -0.2) is 25.7 Å². The quantitative estimate of drug-likeness (QED) is 0.866. The fourth-order valence-corrected chi connectivity index (χ4v) is 4.09. The van der Waals surface area contributed by atoms with Gasteiger partial charge < -0.3 is 14.8 Å². The fourth-order valence-electron chi connectivity index (χ4n) is 4.09. The maximum absolute atomic E-state index is 12.4. The highest BCUT2D eigenvalue weighted by molar-refractivity contribution is 5.77. The van der Waals surface area contributed by atoms with Crippen LogP contribution in [0, 0.1) is 11.8 Å². The molecular weight excluding hydrogens is 302 g/mol. The van der Waals surface area contributed by atoms with Crippen molar-refractivity contribution < 1.29 is 14.3 Å². The predicted molar refractivity (Wildman–Crippen MR) is 92.5 cm³/mol. The zero-order valence-electron chi connectivity index (χ0n) is 14.3. The summed E-state index contributed by atoms with van der Waals surface area (Å²) in [6, 6.07) is 6.19. The average molecular weight is 329 g/mol. The molecule has 4 rings (SSSR count). The van der Waals surface area contributed by atoms with E-state index >= 15 is 0 Å². The standard InChI is InChI=1S/C20H27NO3/c22-20(21-13-14-3-1-2-4-14)12-17(15-5-6-15)16-7-8-18-19(11-16)24-10-9-23-18/h7-8,11,14-15,17H,1-6,9-10,12-13H2,(H,21,22). The monoisotopic (exact) mass is 329 g/mol. The highest BCUT2D eigenvalue weighted by Crippen LogP contribution is 2.46. The van der Waals surface area contributed by atoms with Crippen LogP contribution in [0.25, 0.3) is 0 Å². The van der Waals surface area contributed by atoms with Crippen molar-refractivity contribution in [2.75, 3.05) is 19.8 Å². The van der Waals surface area contributed by atoms with Crippen LogP contribution in [0.5, 0.6) is 11.5 Å². The number of carbonyl (C=O) groups is 1. The Labute approximate surface area is 143 Å². The zero-order valence-corrected chi connectivity index (χ0v) is 14.3. The Morgan fingerprint density at radius 1 is 1.08 bits per heavy atom. The number of nitrogens with one attached hydrogen (secondary N) is 1. The van der Waals surface area contributed by atoms with Crippen molar-refractivity contribution in [3.05, 3.63) is 23.8 Å². The van der Waals surface area contributed by atoms with Crippen molar-refractivity contribution in [2.24, 2.45) is 11.8 Å². The molecule has 2 fully saturated rings. The topological polar surface area (TPSA) is 47.6 Å². The molecule has 0 bridgehead atoms. The van der Waals surface area contributed by atoms with Crippen LogP contribution in [0.3, 0.4) is 0 Å². The molecule has 0 radical (unpaired) electrons. The minimum absolute atomic E-state index is 0.202. The van der Waals surface area contributed by atoms with Gasteiger partial charge in [0, 0.05) is 13.0 Å². The average Bonchev–Trinajstić information content (AvgIpc) is 3.32. The van der Waals surface area contributed by atoms with E-state index in [0.29, 0.717) is 37.4 Å². The van der Waals surface area contributed by atoms with Gasteiger partial charge in [0.05, 0.1) is 0 Å². The minimum atomic E-state index is 0.202. The van der Waals surface area contributed by atoms with Crippen LogP contribution in [0.1, 0.15) is 56.4 Å². The van der Waals surface area contributed by atoms with E-state index in [0.717, 1.165) is 18.0 Å². The molecular formula is C20H27NO3. The van der Waals surface area contributed by atoms with Gasteiger partial charge in [-0.05, 0) is 61.1 Å². The van der Waals surface area contributed by atoms with Gasteiger partial charge in [-0.25, -0.2) is 0 Å². The predicted octanol–water partition coefficient (Wildman–Crippen LogP) is 3.65. The third kappa shape index (κ3) is 3.68. The first kappa shape index (κ1) is 15.8. The first-order valence-corrected chi connectivity index (χ1v) is 9.46. The van der Waals surface area contributed by atoms with Gasteiger partial charge in [0.2, 0.25) is 5.91 Å². The third-order valence-electron chi connectivity index (χ3n) is 5.65. The van der Waals surface area contributed by atoms with Crippen molar-refractivity contribution in [2.45, 2.75) is 50.9 Å². The van der Waals surface area contributed by atoms with Crippen molar-refractivity contribution in [1.82, 2.24) is 5.32 Å². The molecule has 1 amide bonds. The van der Waals surface area contributed by atoms with Crippen molar-refractivity contribution in [1.29, 1.82) is 0 Å². The molecule has 4 nitrogen and oxygen atoms in total. The molecule has 1 atom stereocenters. The molecule has 4 heteroatoms. The fraction of sp³-hybridized carbons (Fsp3) is 0.650. The summed E-state index contributed by atoms with van der Waals surface area (Å²) in [5.74, 6) is 3.51. The number of amides is 1. The molecule has 1 unspecified atom stereocenters. The molecule has 24 heavy (non-hydrogen) atoms. The summed E-state index contributed by atoms with van der Waals surface area (Å²) in [6.45, 7) is 2.08. The first-order valence-electron chi connectivity index (χ1n) is 9.46. The van der Waals surface area contributed by atoms with E-state index in [-0.39, 0.29) is 5.91 Å². The van der Waals surface area contributed by atoms with E-state index in [9.17, 15) is 4.79 Å². The zero-order chi connectivity index (χ0) is 16.4. The van der Waals surface area contributed by atoms with Gasteiger partial charge in [0.15, 0.2) is 11.5 Å². The third-order valence-corrected chi connectivity index (χ3v) is 5.65. The van der Waals surface area contributed by atoms with Crippen LogP contribution in [0.15, 0.2) is 18.2 Å². The highest BCUT2D eigenvalue weighted by Gasteiger charge is 2.34. The molecule has 1 aromatic rings. The van der Waals surface area contributed by atoms with Crippen LogP contribution in [-0.2, 0) is 4.79 Å². The van der Waals surface area contributed by atoms with Gasteiger partial charge in [0.25, 0.3) is 0 Å². The molecule has 1 heterocycles. The van der Waals surface area contributed by atoms with Crippen LogP contribution in [0.4, 0.5) is 0 Å². The van der Waals surface area contributed by atoms with E-state index in [2.05, 4.69) is 17.4 Å². The minimum Gasteiger partial charge on any atom is -0.486 e. The summed E-state index contributed by atoms with van der Waals surface area (Å²) in [4.78, 5) is 12.4. The molecule has 0 spiro atoms. The SMILES string of the molecule is O=C(CC(c1ccc2c(c1)OCCO2)C1CC1)NCC1CCCC1. The Bertz CT molecular complexity index is 591. The van der Waals surface area contributed by atoms with E-state index in [1.807, 2.05) is 6.07 Å². The summed E-state index contributed by atoms with van der Waals surface area (Å²) in [6.07, 6.45) is 8.24. The second kappa shape index (κ2) is 7.04. The van der Waals surface area contributed by atoms with Crippen molar-refractivity contribution in [3.8, 4) is 11.5 Å². The maximum Gasteiger partial charge on any atom is 0.220 e. The molecule has 2 saturated carbocycles. The Kier molecular flexibility index (Phi) is 4.63. The summed E-state index contributed by atoms with van der Waals surface area (Å²) < 4.78 is 11.3. The van der Waals surface area contributed by atoms with Crippen molar-refractivity contribution >= 4 is 5.91 Å². The molecule has 1 N–H and O–H groups in total. The summed E-state index contributed by atoms with van der Waals surface area (Å²) >= 11 is 0. The molecule has 130 valence electrons. The summed E-state index contributed by atoms with van der Waals surface area (Å²) in [5.41, 5.74) is 1.22. The molecule has 0 saturated heterocycles. The molecule has 0 aromatic heterocycles. The number of fused-ring (bicyclic) bond motifs is 1. The van der Waals surface area contributed by atoms with E-state index < -0.39 is 0 Å². The molecule has 1 aromatic carbocycles. The van der Waals surface area contributed by atoms with Gasteiger partial charge >= 0.3 is 0 Å². The largest absolute Gasteiger partial charge is 0.486 e. The maximum atomic E-state index is 12.4. The van der Waals surface area contributed by atoms with Crippen LogP contribution >= 0.6 is 0 Å². The molecule has 1 aliphatic heterocycles. The number of ether oxygens (including phenoxy) is 2. The highest BCUT2D eigenvalue weighted by atomic mass is 16.6. The number of hydrogen-bond acceptors (Lipinski definition) is 3. The lowest BCUT2D eigenvalue weighted by Crippen LogP contribution is -2.29. The first-order chi connectivity index (χ1) is 11.8. The number of benzene rings is 1. The second-order valence-electron chi connectivity index (χ2n) is 7.51. The van der Waals surface area contributed by atoms with Gasteiger partial charge in [-0.1, -0.05) is 18.9 Å². The van der Waals surface area contributed by atoms with E-state index in [4.69, 9.17) is 9.47 Å². The van der Waals surface area contributed by atoms with Crippen LogP contribution < -0.4 is 14.8 Å². The lowest BCUT2D eigenvalue weighted by Gasteiger charge is -2.22. The van der Waals surface area contributed by atoms with Gasteiger partial charge in [-0.2, -0.15) is 0 Å². The molecule has 3 aliphatic rings. The Hall–Kier alpha value is -1.71. The second-order valence-corrected chi connectivity index (χ2v) is 7.51. The number of rotatable bonds is 6. The van der Waals surface area contributed by atoms with Gasteiger partial charge in [-0.15, -0.1) is 0 Å². The van der Waals surface area contributed by atoms with Crippen molar-refractivity contribution in [3.63, 3.8) is 0 Å². The summed E-state index contributed by atoms with van der Waals surface area (Å²) in [5, 5.41) is 3.17. The molecule has 2 aliphatic carbocycles.